The Balaban J connectivity index is 1.36. The number of hydrogen-bond donors (Lipinski definition) is 1. The molecule has 0 amide bonds. The summed E-state index contributed by atoms with van der Waals surface area (Å²) >= 11 is 0. The third kappa shape index (κ3) is 4.50. The average Bonchev–Trinajstić information content (AvgIpc) is 3.16. The van der Waals surface area contributed by atoms with Gasteiger partial charge < -0.3 is 19.5 Å². The van der Waals surface area contributed by atoms with E-state index in [-0.39, 0.29) is 5.82 Å². The molecule has 152 valence electrons. The zero-order valence-electron chi connectivity index (χ0n) is 16.8. The standard InChI is InChI=1S/C22H27FN6/c1-2-24-22(25-11-10-18-17-29-12-6-5-9-21(29)26-18)28-15-13-27(14-16-28)20-8-4-3-7-19(20)23/h3-9,12,17H,2,10-11,13-16H2,1H3,(H,24,25). The van der Waals surface area contributed by atoms with Gasteiger partial charge in [0.2, 0.25) is 0 Å². The van der Waals surface area contributed by atoms with Gasteiger partial charge in [0, 0.05) is 58.1 Å². The van der Waals surface area contributed by atoms with Gasteiger partial charge in [-0.1, -0.05) is 18.2 Å². The van der Waals surface area contributed by atoms with E-state index in [4.69, 9.17) is 4.99 Å². The Morgan fingerprint density at radius 1 is 1.10 bits per heavy atom. The first-order valence-corrected chi connectivity index (χ1v) is 10.2. The summed E-state index contributed by atoms with van der Waals surface area (Å²) in [5.74, 6) is 0.762. The van der Waals surface area contributed by atoms with Gasteiger partial charge in [0.25, 0.3) is 0 Å². The number of fused-ring (bicyclic) bond motifs is 1. The number of nitrogens with zero attached hydrogens (tertiary/aromatic N) is 5. The molecule has 0 saturated carbocycles. The van der Waals surface area contributed by atoms with Crippen molar-refractivity contribution in [3.8, 4) is 0 Å². The minimum Gasteiger partial charge on any atom is -0.366 e. The van der Waals surface area contributed by atoms with Crippen LogP contribution in [0.2, 0.25) is 0 Å². The molecule has 0 atom stereocenters. The number of pyridine rings is 1. The molecule has 3 aromatic rings. The van der Waals surface area contributed by atoms with Crippen molar-refractivity contribution in [2.75, 3.05) is 44.2 Å². The van der Waals surface area contributed by atoms with Crippen LogP contribution in [-0.4, -0.2) is 59.5 Å². The summed E-state index contributed by atoms with van der Waals surface area (Å²) in [5.41, 5.74) is 2.68. The lowest BCUT2D eigenvalue weighted by Gasteiger charge is -2.37. The van der Waals surface area contributed by atoms with Gasteiger partial charge in [-0.15, -0.1) is 0 Å². The second kappa shape index (κ2) is 8.94. The molecule has 1 saturated heterocycles. The van der Waals surface area contributed by atoms with E-state index in [0.717, 1.165) is 56.4 Å². The minimum absolute atomic E-state index is 0.158. The average molecular weight is 394 g/mol. The smallest absolute Gasteiger partial charge is 0.194 e. The Morgan fingerprint density at radius 2 is 1.90 bits per heavy atom. The summed E-state index contributed by atoms with van der Waals surface area (Å²) in [5, 5.41) is 3.39. The molecule has 1 fully saturated rings. The highest BCUT2D eigenvalue weighted by Crippen LogP contribution is 2.20. The Morgan fingerprint density at radius 3 is 2.66 bits per heavy atom. The highest BCUT2D eigenvalue weighted by molar-refractivity contribution is 5.80. The zero-order valence-corrected chi connectivity index (χ0v) is 16.8. The van der Waals surface area contributed by atoms with Gasteiger partial charge in [-0.2, -0.15) is 0 Å². The predicted molar refractivity (Wildman–Crippen MR) is 115 cm³/mol. The molecule has 29 heavy (non-hydrogen) atoms. The molecule has 0 aliphatic carbocycles. The van der Waals surface area contributed by atoms with Crippen molar-refractivity contribution in [3.63, 3.8) is 0 Å². The third-order valence-corrected chi connectivity index (χ3v) is 5.15. The number of anilines is 1. The van der Waals surface area contributed by atoms with E-state index >= 15 is 0 Å². The summed E-state index contributed by atoms with van der Waals surface area (Å²) in [7, 11) is 0. The van der Waals surface area contributed by atoms with Gasteiger partial charge in [0.05, 0.1) is 11.4 Å². The van der Waals surface area contributed by atoms with Crippen LogP contribution in [0, 0.1) is 5.82 Å². The van der Waals surface area contributed by atoms with E-state index in [9.17, 15) is 4.39 Å². The molecule has 0 spiro atoms. The lowest BCUT2D eigenvalue weighted by molar-refractivity contribution is 0.371. The number of piperazine rings is 1. The van der Waals surface area contributed by atoms with Crippen LogP contribution in [0.3, 0.4) is 0 Å². The second-order valence-corrected chi connectivity index (χ2v) is 7.11. The van der Waals surface area contributed by atoms with Crippen LogP contribution < -0.4 is 10.2 Å². The number of aromatic nitrogens is 2. The van der Waals surface area contributed by atoms with Crippen LogP contribution in [0.5, 0.6) is 0 Å². The number of nitrogens with one attached hydrogen (secondary N) is 1. The quantitative estimate of drug-likeness (QED) is 0.534. The molecule has 7 heteroatoms. The summed E-state index contributed by atoms with van der Waals surface area (Å²) < 4.78 is 16.1. The lowest BCUT2D eigenvalue weighted by Crippen LogP contribution is -2.52. The highest BCUT2D eigenvalue weighted by atomic mass is 19.1. The number of rotatable bonds is 5. The van der Waals surface area contributed by atoms with Crippen molar-refractivity contribution in [1.82, 2.24) is 19.6 Å². The highest BCUT2D eigenvalue weighted by Gasteiger charge is 2.21. The molecular weight excluding hydrogens is 367 g/mol. The van der Waals surface area contributed by atoms with Crippen molar-refractivity contribution in [2.45, 2.75) is 13.3 Å². The van der Waals surface area contributed by atoms with Crippen molar-refractivity contribution in [3.05, 3.63) is 66.4 Å². The second-order valence-electron chi connectivity index (χ2n) is 7.11. The molecule has 0 bridgehead atoms. The number of halogens is 1. The topological polar surface area (TPSA) is 48.2 Å². The minimum atomic E-state index is -0.158. The number of benzene rings is 1. The van der Waals surface area contributed by atoms with Crippen LogP contribution >= 0.6 is 0 Å². The first-order valence-electron chi connectivity index (χ1n) is 10.2. The first kappa shape index (κ1) is 19.2. The Hall–Kier alpha value is -3.09. The predicted octanol–water partition coefficient (Wildman–Crippen LogP) is 2.80. The van der Waals surface area contributed by atoms with Crippen LogP contribution in [0.15, 0.2) is 59.9 Å². The van der Waals surface area contributed by atoms with E-state index in [0.29, 0.717) is 12.2 Å². The fourth-order valence-electron chi connectivity index (χ4n) is 3.68. The molecular formula is C22H27FN6. The monoisotopic (exact) mass is 394 g/mol. The molecule has 1 aromatic carbocycles. The van der Waals surface area contributed by atoms with Crippen LogP contribution in [0.1, 0.15) is 12.6 Å². The van der Waals surface area contributed by atoms with Gasteiger partial charge in [-0.05, 0) is 31.2 Å². The van der Waals surface area contributed by atoms with Crippen LogP contribution in [-0.2, 0) is 6.42 Å². The van der Waals surface area contributed by atoms with Gasteiger partial charge >= 0.3 is 0 Å². The van der Waals surface area contributed by atoms with E-state index < -0.39 is 0 Å². The Labute approximate surface area is 170 Å². The molecule has 0 unspecified atom stereocenters. The van der Waals surface area contributed by atoms with Gasteiger partial charge in [0.15, 0.2) is 5.96 Å². The maximum absolute atomic E-state index is 14.1. The summed E-state index contributed by atoms with van der Waals surface area (Å²) in [6.07, 6.45) is 4.87. The SMILES string of the molecule is CCNC(=NCCc1cn2ccccc2n1)N1CCN(c2ccccc2F)CC1. The van der Waals surface area contributed by atoms with Gasteiger partial charge in [-0.3, -0.25) is 4.99 Å². The number of aliphatic imine (C=N–C) groups is 1. The third-order valence-electron chi connectivity index (χ3n) is 5.15. The molecule has 6 nitrogen and oxygen atoms in total. The number of para-hydroxylation sites is 1. The first-order chi connectivity index (χ1) is 14.2. The maximum Gasteiger partial charge on any atom is 0.194 e. The summed E-state index contributed by atoms with van der Waals surface area (Å²) in [6.45, 7) is 6.76. The van der Waals surface area contributed by atoms with Crippen molar-refractivity contribution in [1.29, 1.82) is 0 Å². The molecule has 1 aliphatic heterocycles. The van der Waals surface area contributed by atoms with Crippen LogP contribution in [0.4, 0.5) is 10.1 Å². The lowest BCUT2D eigenvalue weighted by atomic mass is 10.2. The molecule has 4 rings (SSSR count). The zero-order chi connectivity index (χ0) is 20.1. The Kier molecular flexibility index (Phi) is 5.93. The fourth-order valence-corrected chi connectivity index (χ4v) is 3.68. The summed E-state index contributed by atoms with van der Waals surface area (Å²) in [4.78, 5) is 13.8. The maximum atomic E-state index is 14.1. The molecule has 1 N–H and O–H groups in total. The van der Waals surface area contributed by atoms with Crippen molar-refractivity contribution < 1.29 is 4.39 Å². The molecule has 3 heterocycles. The van der Waals surface area contributed by atoms with E-state index in [2.05, 4.69) is 33.2 Å². The molecule has 1 aliphatic rings. The normalized spacial score (nSPS) is 15.2. The molecule has 2 aromatic heterocycles. The van der Waals surface area contributed by atoms with Gasteiger partial charge in [0.1, 0.15) is 11.5 Å². The van der Waals surface area contributed by atoms with E-state index in [1.54, 1.807) is 6.07 Å². The summed E-state index contributed by atoms with van der Waals surface area (Å²) in [6, 6.07) is 13.0. The van der Waals surface area contributed by atoms with Gasteiger partial charge in [-0.25, -0.2) is 9.37 Å². The van der Waals surface area contributed by atoms with E-state index in [1.807, 2.05) is 40.9 Å². The van der Waals surface area contributed by atoms with Crippen molar-refractivity contribution in [2.24, 2.45) is 4.99 Å². The molecule has 0 radical (unpaired) electrons. The number of imidazole rings is 1. The van der Waals surface area contributed by atoms with Crippen LogP contribution in [0.25, 0.3) is 5.65 Å². The van der Waals surface area contributed by atoms with Crippen molar-refractivity contribution >= 4 is 17.3 Å². The Bertz CT molecular complexity index is 941. The largest absolute Gasteiger partial charge is 0.366 e. The number of guanidine groups is 1. The number of hydrogen-bond acceptors (Lipinski definition) is 3. The fraction of sp³-hybridized carbons (Fsp3) is 0.364. The van der Waals surface area contributed by atoms with E-state index in [1.165, 1.54) is 6.07 Å².